The minimum Gasteiger partial charge on any atom is -0.324 e. The average molecular weight is 278 g/mol. The third-order valence-corrected chi connectivity index (χ3v) is 4.69. The maximum atomic E-state index is 12.2. The van der Waals surface area contributed by atoms with Crippen molar-refractivity contribution in [2.75, 3.05) is 11.1 Å². The first kappa shape index (κ1) is 13.9. The Bertz CT molecular complexity index is 485. The van der Waals surface area contributed by atoms with E-state index in [1.54, 1.807) is 16.7 Å². The van der Waals surface area contributed by atoms with Gasteiger partial charge in [0.05, 0.1) is 4.87 Å². The van der Waals surface area contributed by atoms with E-state index in [1.807, 2.05) is 45.0 Å². The lowest BCUT2D eigenvalue weighted by Gasteiger charge is -2.30. The summed E-state index contributed by atoms with van der Waals surface area (Å²) in [6.45, 7) is 5.90. The van der Waals surface area contributed by atoms with Crippen molar-refractivity contribution < 1.29 is 9.59 Å². The summed E-state index contributed by atoms with van der Waals surface area (Å²) < 4.78 is 0. The van der Waals surface area contributed by atoms with E-state index in [0.29, 0.717) is 5.75 Å². The third-order valence-electron chi connectivity index (χ3n) is 3.29. The molecule has 1 heterocycles. The Hall–Kier alpha value is -1.49. The predicted molar refractivity (Wildman–Crippen MR) is 78.0 cm³/mol. The van der Waals surface area contributed by atoms with Gasteiger partial charge in [0, 0.05) is 11.4 Å². The van der Waals surface area contributed by atoms with Crippen LogP contribution in [-0.4, -0.2) is 33.9 Å². The van der Waals surface area contributed by atoms with Gasteiger partial charge in [-0.2, -0.15) is 0 Å². The number of benzene rings is 1. The van der Waals surface area contributed by atoms with Gasteiger partial charge in [0.1, 0.15) is 6.04 Å². The van der Waals surface area contributed by atoms with Crippen molar-refractivity contribution in [3.63, 3.8) is 0 Å². The van der Waals surface area contributed by atoms with Gasteiger partial charge in [-0.15, -0.1) is 11.8 Å². The zero-order valence-electron chi connectivity index (χ0n) is 11.3. The quantitative estimate of drug-likeness (QED) is 0.863. The molecule has 19 heavy (non-hydrogen) atoms. The van der Waals surface area contributed by atoms with Crippen LogP contribution in [0, 0.1) is 6.92 Å². The van der Waals surface area contributed by atoms with Crippen LogP contribution in [0.4, 0.5) is 5.69 Å². The zero-order valence-corrected chi connectivity index (χ0v) is 12.2. The molecule has 0 saturated carbocycles. The highest BCUT2D eigenvalue weighted by Gasteiger charge is 2.42. The minimum absolute atomic E-state index is 0.131. The Morgan fingerprint density at radius 2 is 2.05 bits per heavy atom. The Morgan fingerprint density at radius 3 is 2.63 bits per heavy atom. The number of nitrogens with one attached hydrogen (secondary N) is 1. The molecular weight excluding hydrogens is 260 g/mol. The first-order chi connectivity index (χ1) is 8.94. The Labute approximate surface area is 117 Å². The van der Waals surface area contributed by atoms with Crippen molar-refractivity contribution in [1.29, 1.82) is 0 Å². The van der Waals surface area contributed by atoms with E-state index in [1.165, 1.54) is 0 Å². The van der Waals surface area contributed by atoms with Crippen molar-refractivity contribution in [2.45, 2.75) is 31.7 Å². The van der Waals surface area contributed by atoms with Crippen molar-refractivity contribution in [3.05, 3.63) is 29.8 Å². The third kappa shape index (κ3) is 2.92. The van der Waals surface area contributed by atoms with Crippen LogP contribution < -0.4 is 5.32 Å². The monoisotopic (exact) mass is 278 g/mol. The van der Waals surface area contributed by atoms with Crippen LogP contribution in [0.5, 0.6) is 0 Å². The molecule has 1 unspecified atom stereocenters. The van der Waals surface area contributed by atoms with Gasteiger partial charge in [0.15, 0.2) is 0 Å². The van der Waals surface area contributed by atoms with Gasteiger partial charge >= 0.3 is 0 Å². The van der Waals surface area contributed by atoms with Gasteiger partial charge in [-0.25, -0.2) is 0 Å². The lowest BCUT2D eigenvalue weighted by molar-refractivity contribution is -0.130. The van der Waals surface area contributed by atoms with Crippen LogP contribution in [-0.2, 0) is 9.59 Å². The number of amides is 2. The van der Waals surface area contributed by atoms with Gasteiger partial charge < -0.3 is 10.2 Å². The molecule has 0 bridgehead atoms. The Balaban J connectivity index is 2.08. The van der Waals surface area contributed by atoms with Crippen LogP contribution in [0.2, 0.25) is 0 Å². The summed E-state index contributed by atoms with van der Waals surface area (Å²) in [5.74, 6) is 0.498. The van der Waals surface area contributed by atoms with Crippen LogP contribution in [0.25, 0.3) is 0 Å². The summed E-state index contributed by atoms with van der Waals surface area (Å²) in [5, 5.41) is 2.86. The fourth-order valence-electron chi connectivity index (χ4n) is 2.08. The smallest absolute Gasteiger partial charge is 0.248 e. The maximum absolute atomic E-state index is 12.2. The lowest BCUT2D eigenvalue weighted by Crippen LogP contribution is -2.47. The first-order valence-corrected chi connectivity index (χ1v) is 7.18. The number of aryl methyl sites for hydroxylation is 1. The second-order valence-corrected chi connectivity index (χ2v) is 6.76. The summed E-state index contributed by atoms with van der Waals surface area (Å²) >= 11 is 1.62. The molecule has 1 aliphatic rings. The molecule has 1 atom stereocenters. The van der Waals surface area contributed by atoms with Gasteiger partial charge in [0.2, 0.25) is 12.3 Å². The summed E-state index contributed by atoms with van der Waals surface area (Å²) in [6.07, 6.45) is 0.763. The van der Waals surface area contributed by atoms with E-state index in [-0.39, 0.29) is 10.8 Å². The molecule has 2 amide bonds. The van der Waals surface area contributed by atoms with E-state index >= 15 is 0 Å². The molecule has 4 nitrogen and oxygen atoms in total. The molecule has 0 aromatic heterocycles. The minimum atomic E-state index is -0.404. The summed E-state index contributed by atoms with van der Waals surface area (Å²) in [6, 6.07) is 7.22. The van der Waals surface area contributed by atoms with Crippen molar-refractivity contribution in [2.24, 2.45) is 0 Å². The number of anilines is 1. The largest absolute Gasteiger partial charge is 0.324 e. The normalized spacial score (nSPS) is 21.2. The molecule has 102 valence electrons. The molecule has 5 heteroatoms. The number of hydrogen-bond donors (Lipinski definition) is 1. The highest BCUT2D eigenvalue weighted by Crippen LogP contribution is 2.37. The summed E-state index contributed by atoms with van der Waals surface area (Å²) in [7, 11) is 0. The number of nitrogens with zero attached hydrogens (tertiary/aromatic N) is 1. The van der Waals surface area contributed by atoms with E-state index in [4.69, 9.17) is 0 Å². The van der Waals surface area contributed by atoms with Crippen molar-refractivity contribution >= 4 is 29.8 Å². The number of thioether (sulfide) groups is 1. The SMILES string of the molecule is Cc1ccc(NC(=O)C2CSC(C)(C)N2C=O)cc1. The molecule has 1 fully saturated rings. The zero-order chi connectivity index (χ0) is 14.0. The van der Waals surface area contributed by atoms with Gasteiger partial charge in [-0.1, -0.05) is 17.7 Å². The highest BCUT2D eigenvalue weighted by molar-refractivity contribution is 8.00. The van der Waals surface area contributed by atoms with Gasteiger partial charge in [0.25, 0.3) is 0 Å². The fourth-order valence-corrected chi connectivity index (χ4v) is 3.27. The molecular formula is C14H18N2O2S. The molecule has 1 saturated heterocycles. The topological polar surface area (TPSA) is 49.4 Å². The van der Waals surface area contributed by atoms with E-state index in [2.05, 4.69) is 5.32 Å². The second kappa shape index (κ2) is 5.25. The van der Waals surface area contributed by atoms with Gasteiger partial charge in [-0.3, -0.25) is 9.59 Å². The molecule has 1 aromatic rings. The molecule has 0 aliphatic carbocycles. The predicted octanol–water partition coefficient (Wildman–Crippen LogP) is 2.24. The van der Waals surface area contributed by atoms with Crippen LogP contribution in [0.1, 0.15) is 19.4 Å². The number of carbonyl (C=O) groups excluding carboxylic acids is 2. The van der Waals surface area contributed by atoms with Crippen LogP contribution in [0.3, 0.4) is 0 Å². The van der Waals surface area contributed by atoms with Crippen molar-refractivity contribution in [3.8, 4) is 0 Å². The van der Waals surface area contributed by atoms with Crippen molar-refractivity contribution in [1.82, 2.24) is 4.90 Å². The molecule has 1 aromatic carbocycles. The van der Waals surface area contributed by atoms with Crippen LogP contribution in [0.15, 0.2) is 24.3 Å². The Kier molecular flexibility index (Phi) is 3.85. The number of carbonyl (C=O) groups is 2. The van der Waals surface area contributed by atoms with E-state index in [0.717, 1.165) is 17.7 Å². The average Bonchev–Trinajstić information content (AvgIpc) is 2.67. The second-order valence-electron chi connectivity index (χ2n) is 5.14. The number of hydrogen-bond acceptors (Lipinski definition) is 3. The van der Waals surface area contributed by atoms with E-state index < -0.39 is 6.04 Å². The maximum Gasteiger partial charge on any atom is 0.248 e. The molecule has 0 spiro atoms. The lowest BCUT2D eigenvalue weighted by atomic mass is 10.2. The number of rotatable bonds is 3. The first-order valence-electron chi connectivity index (χ1n) is 6.19. The van der Waals surface area contributed by atoms with Crippen LogP contribution >= 0.6 is 11.8 Å². The van der Waals surface area contributed by atoms with Gasteiger partial charge in [-0.05, 0) is 32.9 Å². The fraction of sp³-hybridized carbons (Fsp3) is 0.429. The molecule has 0 radical (unpaired) electrons. The van der Waals surface area contributed by atoms with E-state index in [9.17, 15) is 9.59 Å². The molecule has 1 N–H and O–H groups in total. The Morgan fingerprint density at radius 1 is 1.42 bits per heavy atom. The summed E-state index contributed by atoms with van der Waals surface area (Å²) in [4.78, 5) is 24.7. The highest BCUT2D eigenvalue weighted by atomic mass is 32.2. The summed E-state index contributed by atoms with van der Waals surface area (Å²) in [5.41, 5.74) is 1.90. The molecule has 1 aliphatic heterocycles. The molecule has 2 rings (SSSR count). The standard InChI is InChI=1S/C14H18N2O2S/c1-10-4-6-11(7-5-10)15-13(18)12-8-19-14(2,3)16(12)9-17/h4-7,9,12H,8H2,1-3H3,(H,15,18).